The summed E-state index contributed by atoms with van der Waals surface area (Å²) in [5, 5.41) is 0. The van der Waals surface area contributed by atoms with E-state index in [4.69, 9.17) is 0 Å². The highest BCUT2D eigenvalue weighted by Crippen LogP contribution is 2.56. The number of nitrogens with zero attached hydrogens (tertiary/aromatic N) is 3. The molecule has 0 saturated carbocycles. The number of hydrogen-bond donors (Lipinski definition) is 0. The summed E-state index contributed by atoms with van der Waals surface area (Å²) in [4.78, 5) is 7.80. The van der Waals surface area contributed by atoms with Crippen LogP contribution in [-0.4, -0.2) is 6.71 Å². The predicted molar refractivity (Wildman–Crippen MR) is 294 cm³/mol. The fraction of sp³-hybridized carbons (Fsp3) is 0.344. The van der Waals surface area contributed by atoms with Crippen LogP contribution in [0.3, 0.4) is 0 Å². The Morgan fingerprint density at radius 3 is 1.44 bits per heavy atom. The summed E-state index contributed by atoms with van der Waals surface area (Å²) >= 11 is 0. The maximum absolute atomic E-state index is 2.70. The van der Waals surface area contributed by atoms with Gasteiger partial charge in [-0.15, -0.1) is 0 Å². The van der Waals surface area contributed by atoms with E-state index in [0.29, 0.717) is 0 Å². The van der Waals surface area contributed by atoms with Crippen LogP contribution >= 0.6 is 0 Å². The molecule has 0 spiro atoms. The number of para-hydroxylation sites is 2. The van der Waals surface area contributed by atoms with Gasteiger partial charge in [-0.3, -0.25) is 0 Å². The summed E-state index contributed by atoms with van der Waals surface area (Å²) in [5.74, 6) is 0. The average molecular weight is 892 g/mol. The Kier molecular flexibility index (Phi) is 9.66. The highest BCUT2D eigenvalue weighted by atomic mass is 15.2. The van der Waals surface area contributed by atoms with Crippen LogP contribution in [0.5, 0.6) is 0 Å². The fourth-order valence-corrected chi connectivity index (χ4v) is 13.9. The summed E-state index contributed by atoms with van der Waals surface area (Å²) in [6, 6.07) is 49.5. The Balaban J connectivity index is 1.26. The summed E-state index contributed by atoms with van der Waals surface area (Å²) in [5.41, 5.74) is 28.0. The van der Waals surface area contributed by atoms with Crippen molar-refractivity contribution in [2.45, 2.75) is 144 Å². The fourth-order valence-electron chi connectivity index (χ4n) is 13.9. The monoisotopic (exact) mass is 892 g/mol. The van der Waals surface area contributed by atoms with Gasteiger partial charge >= 0.3 is 0 Å². The molecule has 11 rings (SSSR count). The first-order valence-corrected chi connectivity index (χ1v) is 25.2. The molecule has 0 N–H and O–H groups in total. The third-order valence-electron chi connectivity index (χ3n) is 16.5. The lowest BCUT2D eigenvalue weighted by molar-refractivity contribution is 0.402. The average Bonchev–Trinajstić information content (AvgIpc) is 3.56. The maximum Gasteiger partial charge on any atom is 0.252 e. The zero-order valence-electron chi connectivity index (χ0n) is 43.5. The molecular weight excluding hydrogens is 822 g/mol. The highest BCUT2D eigenvalue weighted by Gasteiger charge is 2.49. The van der Waals surface area contributed by atoms with E-state index in [1.165, 1.54) is 101 Å². The Morgan fingerprint density at radius 1 is 0.441 bits per heavy atom. The molecule has 0 radical (unpaired) electrons. The largest absolute Gasteiger partial charge is 0.311 e. The zero-order valence-corrected chi connectivity index (χ0v) is 43.5. The van der Waals surface area contributed by atoms with Crippen molar-refractivity contribution in [3.05, 3.63) is 177 Å². The standard InChI is InChI=1S/C64H70BN3/c1-39-28-56-58-57(29-39)68(59-41(3)30-43(31-42(59)4)60(5,6)7)55-36-50-48(62(10,11)38-64(50,14)15)34-52(55)65(58)51-27-26-46(66(44-22-18-16-19-23-44)45-24-20-17-21-25-45)33-54(51)67(56)53-35-49-47(32-40(53)2)61(8,9)37-63(49,12)13/h16-36H,37-38H2,1-15H3. The van der Waals surface area contributed by atoms with Gasteiger partial charge in [-0.2, -0.15) is 0 Å². The van der Waals surface area contributed by atoms with Gasteiger partial charge in [0.15, 0.2) is 0 Å². The van der Waals surface area contributed by atoms with Crippen molar-refractivity contribution in [2.75, 3.05) is 14.7 Å². The Labute approximate surface area is 408 Å². The zero-order chi connectivity index (χ0) is 48.2. The van der Waals surface area contributed by atoms with E-state index in [9.17, 15) is 0 Å². The molecule has 3 nitrogen and oxygen atoms in total. The first-order chi connectivity index (χ1) is 32.0. The lowest BCUT2D eigenvalue weighted by atomic mass is 9.33. The van der Waals surface area contributed by atoms with Gasteiger partial charge < -0.3 is 14.7 Å². The molecule has 0 amide bonds. The second-order valence-electron chi connectivity index (χ2n) is 24.8. The molecule has 0 saturated heterocycles. The Morgan fingerprint density at radius 2 is 0.912 bits per heavy atom. The Hall–Kier alpha value is -6.00. The van der Waals surface area contributed by atoms with Gasteiger partial charge in [0.2, 0.25) is 0 Å². The molecule has 2 aliphatic carbocycles. The number of rotatable bonds is 5. The van der Waals surface area contributed by atoms with Crippen molar-refractivity contribution < 1.29 is 0 Å². The van der Waals surface area contributed by atoms with Crippen LogP contribution in [0.4, 0.5) is 51.2 Å². The van der Waals surface area contributed by atoms with E-state index < -0.39 is 0 Å². The van der Waals surface area contributed by atoms with Crippen molar-refractivity contribution in [3.8, 4) is 0 Å². The lowest BCUT2D eigenvalue weighted by Gasteiger charge is -2.46. The summed E-state index contributed by atoms with van der Waals surface area (Å²) in [6.45, 7) is 36.0. The van der Waals surface area contributed by atoms with Gasteiger partial charge in [0, 0.05) is 45.5 Å². The number of anilines is 9. The number of benzene rings is 7. The van der Waals surface area contributed by atoms with Crippen molar-refractivity contribution in [2.24, 2.45) is 0 Å². The first-order valence-electron chi connectivity index (χ1n) is 25.2. The van der Waals surface area contributed by atoms with Crippen molar-refractivity contribution in [1.29, 1.82) is 0 Å². The SMILES string of the molecule is Cc1cc2c3c(c1)N(c1c(C)cc(C(C)(C)C)cc1C)c1cc4c(cc1B3c1ccc(N(c3ccccc3)c3ccccc3)cc1N2c1cc2c(cc1C)C(C)(C)CC2(C)C)C(C)(C)CC4(C)C. The van der Waals surface area contributed by atoms with Crippen LogP contribution < -0.4 is 31.1 Å². The van der Waals surface area contributed by atoms with Crippen LogP contribution in [0.15, 0.2) is 127 Å². The van der Waals surface area contributed by atoms with E-state index >= 15 is 0 Å². The normalized spacial score (nSPS) is 17.6. The van der Waals surface area contributed by atoms with Crippen molar-refractivity contribution in [1.82, 2.24) is 0 Å². The van der Waals surface area contributed by atoms with E-state index in [1.807, 2.05) is 0 Å². The van der Waals surface area contributed by atoms with Crippen molar-refractivity contribution >= 4 is 74.3 Å². The number of fused-ring (bicyclic) bond motifs is 6. The topological polar surface area (TPSA) is 9.72 Å². The van der Waals surface area contributed by atoms with Crippen LogP contribution in [-0.2, 0) is 27.1 Å². The van der Waals surface area contributed by atoms with Crippen LogP contribution in [0, 0.1) is 27.7 Å². The van der Waals surface area contributed by atoms with E-state index in [-0.39, 0.29) is 33.8 Å². The number of hydrogen-bond acceptors (Lipinski definition) is 3. The third kappa shape index (κ3) is 6.67. The molecule has 4 aliphatic rings. The van der Waals surface area contributed by atoms with E-state index in [2.05, 4.69) is 246 Å². The minimum Gasteiger partial charge on any atom is -0.311 e. The molecule has 0 fully saturated rings. The van der Waals surface area contributed by atoms with Gasteiger partial charge in [0.05, 0.1) is 5.69 Å². The maximum atomic E-state index is 2.70. The lowest BCUT2D eigenvalue weighted by Crippen LogP contribution is -2.61. The molecule has 2 heterocycles. The summed E-state index contributed by atoms with van der Waals surface area (Å²) in [6.07, 6.45) is 2.24. The molecule has 344 valence electrons. The van der Waals surface area contributed by atoms with Crippen molar-refractivity contribution in [3.63, 3.8) is 0 Å². The third-order valence-corrected chi connectivity index (χ3v) is 16.5. The quantitative estimate of drug-likeness (QED) is 0.159. The Bertz CT molecular complexity index is 3160. The summed E-state index contributed by atoms with van der Waals surface area (Å²) in [7, 11) is 0. The molecule has 7 aromatic carbocycles. The molecular formula is C64H70BN3. The van der Waals surface area contributed by atoms with E-state index in [1.54, 1.807) is 0 Å². The molecule has 0 aromatic heterocycles. The minimum absolute atomic E-state index is 0.0124. The van der Waals surface area contributed by atoms with Gasteiger partial charge in [0.1, 0.15) is 0 Å². The van der Waals surface area contributed by atoms with Crippen LogP contribution in [0.25, 0.3) is 0 Å². The van der Waals surface area contributed by atoms with Gasteiger partial charge in [-0.05, 0) is 195 Å². The predicted octanol–water partition coefficient (Wildman–Crippen LogP) is 15.7. The molecule has 0 atom stereocenters. The van der Waals surface area contributed by atoms with Crippen LogP contribution in [0.1, 0.15) is 139 Å². The van der Waals surface area contributed by atoms with Gasteiger partial charge in [-0.25, -0.2) is 0 Å². The van der Waals surface area contributed by atoms with Gasteiger partial charge in [0.25, 0.3) is 6.71 Å². The molecule has 68 heavy (non-hydrogen) atoms. The first kappa shape index (κ1) is 44.5. The second-order valence-corrected chi connectivity index (χ2v) is 24.8. The molecule has 0 bridgehead atoms. The van der Waals surface area contributed by atoms with E-state index in [0.717, 1.165) is 29.9 Å². The highest BCUT2D eigenvalue weighted by molar-refractivity contribution is 7.00. The van der Waals surface area contributed by atoms with Crippen LogP contribution in [0.2, 0.25) is 0 Å². The minimum atomic E-state index is 0.0124. The molecule has 4 heteroatoms. The number of aryl methyl sites for hydroxylation is 4. The smallest absolute Gasteiger partial charge is 0.252 e. The second kappa shape index (κ2) is 14.8. The molecule has 2 aliphatic heterocycles. The molecule has 7 aromatic rings. The molecule has 0 unspecified atom stereocenters. The van der Waals surface area contributed by atoms with Gasteiger partial charge in [-0.1, -0.05) is 143 Å². The summed E-state index contributed by atoms with van der Waals surface area (Å²) < 4.78 is 0.